The zero-order valence-electron chi connectivity index (χ0n) is 14.3. The maximum atomic E-state index is 9.19. The van der Waals surface area contributed by atoms with E-state index < -0.39 is 0 Å². The van der Waals surface area contributed by atoms with Gasteiger partial charge in [-0.25, -0.2) is 0 Å². The predicted octanol–water partition coefficient (Wildman–Crippen LogP) is 4.26. The molecule has 0 aliphatic heterocycles. The van der Waals surface area contributed by atoms with Gasteiger partial charge in [-0.3, -0.25) is 0 Å². The molecule has 1 atom stereocenters. The molecule has 4 heteroatoms. The first kappa shape index (κ1) is 18.2. The van der Waals surface area contributed by atoms with Gasteiger partial charge in [-0.15, -0.1) is 0 Å². The molecule has 1 rings (SSSR count). The van der Waals surface area contributed by atoms with Gasteiger partial charge in [-0.05, 0) is 43.0 Å². The summed E-state index contributed by atoms with van der Waals surface area (Å²) in [5.74, 6) is 0.757. The lowest BCUT2D eigenvalue weighted by molar-refractivity contribution is -0.149. The molecule has 0 saturated heterocycles. The largest absolute Gasteiger partial charge is 0.467 e. The van der Waals surface area contributed by atoms with E-state index in [1.807, 2.05) is 38.1 Å². The van der Waals surface area contributed by atoms with Gasteiger partial charge in [-0.1, -0.05) is 26.8 Å². The van der Waals surface area contributed by atoms with Crippen LogP contribution in [-0.4, -0.2) is 20.2 Å². The van der Waals surface area contributed by atoms with E-state index in [2.05, 4.69) is 26.8 Å². The summed E-state index contributed by atoms with van der Waals surface area (Å²) in [6.45, 7) is 10.1. The Bertz CT molecular complexity index is 565. The van der Waals surface area contributed by atoms with Gasteiger partial charge >= 0.3 is 0 Å². The first-order chi connectivity index (χ1) is 10.3. The monoisotopic (exact) mass is 303 g/mol. The fourth-order valence-electron chi connectivity index (χ4n) is 1.97. The molecule has 0 aliphatic carbocycles. The number of nitriles is 1. The van der Waals surface area contributed by atoms with Gasteiger partial charge in [0.15, 0.2) is 13.1 Å². The van der Waals surface area contributed by atoms with Crippen molar-refractivity contribution in [2.24, 2.45) is 0 Å². The van der Waals surface area contributed by atoms with Crippen LogP contribution >= 0.6 is 0 Å². The molecule has 22 heavy (non-hydrogen) atoms. The molecule has 120 valence electrons. The van der Waals surface area contributed by atoms with Gasteiger partial charge in [0.1, 0.15) is 5.75 Å². The quantitative estimate of drug-likeness (QED) is 0.582. The number of rotatable bonds is 6. The molecule has 0 radical (unpaired) electrons. The average Bonchev–Trinajstić information content (AvgIpc) is 2.48. The summed E-state index contributed by atoms with van der Waals surface area (Å²) >= 11 is 0. The molecule has 0 aromatic heterocycles. The average molecular weight is 303 g/mol. The Hall–Kier alpha value is -1.83. The molecule has 0 saturated carbocycles. The molecule has 4 nitrogen and oxygen atoms in total. The topological polar surface area (TPSA) is 51.5 Å². The first-order valence-electron chi connectivity index (χ1n) is 7.32. The summed E-state index contributed by atoms with van der Waals surface area (Å²) in [5.41, 5.74) is 2.48. The van der Waals surface area contributed by atoms with Crippen LogP contribution in [0.3, 0.4) is 0 Å². The summed E-state index contributed by atoms with van der Waals surface area (Å²) in [6, 6.07) is 8.00. The molecule has 0 fully saturated rings. The first-order valence-corrected chi connectivity index (χ1v) is 7.32. The van der Waals surface area contributed by atoms with Crippen molar-refractivity contribution in [1.29, 1.82) is 5.26 Å². The van der Waals surface area contributed by atoms with E-state index in [1.54, 1.807) is 7.11 Å². The zero-order chi connectivity index (χ0) is 16.8. The molecule has 0 aliphatic rings. The van der Waals surface area contributed by atoms with Gasteiger partial charge in [-0.2, -0.15) is 5.26 Å². The van der Waals surface area contributed by atoms with Crippen molar-refractivity contribution < 1.29 is 14.2 Å². The van der Waals surface area contributed by atoms with E-state index in [4.69, 9.17) is 14.2 Å². The summed E-state index contributed by atoms with van der Waals surface area (Å²) in [6.07, 6.45) is 1.50. The van der Waals surface area contributed by atoms with Crippen LogP contribution in [0.4, 0.5) is 0 Å². The Morgan fingerprint density at radius 1 is 1.36 bits per heavy atom. The minimum atomic E-state index is -0.314. The standard InChI is InChI=1S/C18H25NO3/c1-7-14(11-19)15-8-9-17(16(10-15)18(3,4)5)22-12-21-13(2)20-6/h7-10,13H,12H2,1-6H3/b14-7-. The number of hydrogen-bond acceptors (Lipinski definition) is 4. The van der Waals surface area contributed by atoms with Crippen molar-refractivity contribution in [1.82, 2.24) is 0 Å². The second-order valence-corrected chi connectivity index (χ2v) is 6.01. The van der Waals surface area contributed by atoms with Gasteiger partial charge in [0.2, 0.25) is 0 Å². The fourth-order valence-corrected chi connectivity index (χ4v) is 1.97. The summed E-state index contributed by atoms with van der Waals surface area (Å²) < 4.78 is 16.1. The van der Waals surface area contributed by atoms with Crippen LogP contribution < -0.4 is 4.74 Å². The molecule has 1 aromatic rings. The van der Waals surface area contributed by atoms with E-state index >= 15 is 0 Å². The molecule has 0 N–H and O–H groups in total. The normalized spacial score (nSPS) is 13.6. The zero-order valence-corrected chi connectivity index (χ0v) is 14.3. The highest BCUT2D eigenvalue weighted by atomic mass is 16.7. The van der Waals surface area contributed by atoms with Gasteiger partial charge in [0.25, 0.3) is 0 Å². The molecular formula is C18H25NO3. The maximum absolute atomic E-state index is 9.19. The second kappa shape index (κ2) is 7.98. The van der Waals surface area contributed by atoms with Crippen molar-refractivity contribution in [2.45, 2.75) is 46.3 Å². The summed E-state index contributed by atoms with van der Waals surface area (Å²) in [7, 11) is 1.58. The minimum Gasteiger partial charge on any atom is -0.467 e. The van der Waals surface area contributed by atoms with Crippen LogP contribution in [0.15, 0.2) is 24.3 Å². The van der Waals surface area contributed by atoms with Crippen molar-refractivity contribution >= 4 is 5.57 Å². The summed E-state index contributed by atoms with van der Waals surface area (Å²) in [5, 5.41) is 9.19. The molecule has 1 aromatic carbocycles. The number of ether oxygens (including phenoxy) is 3. The number of nitrogens with zero attached hydrogens (tertiary/aromatic N) is 1. The molecule has 0 heterocycles. The second-order valence-electron chi connectivity index (χ2n) is 6.01. The molecule has 1 unspecified atom stereocenters. The Labute approximate surface area is 133 Å². The fraction of sp³-hybridized carbons (Fsp3) is 0.500. The lowest BCUT2D eigenvalue weighted by Gasteiger charge is -2.24. The van der Waals surface area contributed by atoms with Crippen LogP contribution in [-0.2, 0) is 14.9 Å². The van der Waals surface area contributed by atoms with Gasteiger partial charge < -0.3 is 14.2 Å². The molecule has 0 bridgehead atoms. The Balaban J connectivity index is 3.05. The molecular weight excluding hydrogens is 278 g/mol. The highest BCUT2D eigenvalue weighted by molar-refractivity contribution is 5.77. The number of allylic oxidation sites excluding steroid dienone is 2. The minimum absolute atomic E-state index is 0.105. The van der Waals surface area contributed by atoms with E-state index in [0.717, 1.165) is 16.9 Å². The summed E-state index contributed by atoms with van der Waals surface area (Å²) in [4.78, 5) is 0. The predicted molar refractivity (Wildman–Crippen MR) is 87.5 cm³/mol. The Morgan fingerprint density at radius 3 is 2.55 bits per heavy atom. The van der Waals surface area contributed by atoms with Crippen molar-refractivity contribution in [3.8, 4) is 11.8 Å². The molecule has 0 amide bonds. The van der Waals surface area contributed by atoms with E-state index in [0.29, 0.717) is 5.57 Å². The maximum Gasteiger partial charge on any atom is 0.191 e. The number of hydrogen-bond donors (Lipinski definition) is 0. The third-order valence-corrected chi connectivity index (χ3v) is 3.36. The third-order valence-electron chi connectivity index (χ3n) is 3.36. The van der Waals surface area contributed by atoms with Gasteiger partial charge in [0.05, 0.1) is 11.6 Å². The highest BCUT2D eigenvalue weighted by Crippen LogP contribution is 2.33. The van der Waals surface area contributed by atoms with Crippen molar-refractivity contribution in [3.05, 3.63) is 35.4 Å². The third kappa shape index (κ3) is 4.87. The van der Waals surface area contributed by atoms with Crippen LogP contribution in [0.25, 0.3) is 5.57 Å². The van der Waals surface area contributed by atoms with Crippen LogP contribution in [0, 0.1) is 11.3 Å². The Kier molecular flexibility index (Phi) is 6.61. The van der Waals surface area contributed by atoms with Crippen molar-refractivity contribution in [3.63, 3.8) is 0 Å². The van der Waals surface area contributed by atoms with Crippen molar-refractivity contribution in [2.75, 3.05) is 13.9 Å². The number of methoxy groups -OCH3 is 1. The Morgan fingerprint density at radius 2 is 2.05 bits per heavy atom. The lowest BCUT2D eigenvalue weighted by atomic mass is 9.84. The van der Waals surface area contributed by atoms with Crippen LogP contribution in [0.5, 0.6) is 5.75 Å². The van der Waals surface area contributed by atoms with E-state index in [1.165, 1.54) is 0 Å². The lowest BCUT2D eigenvalue weighted by Crippen LogP contribution is -2.18. The smallest absolute Gasteiger partial charge is 0.191 e. The van der Waals surface area contributed by atoms with Crippen LogP contribution in [0.1, 0.15) is 45.7 Å². The number of benzene rings is 1. The molecule has 0 spiro atoms. The van der Waals surface area contributed by atoms with E-state index in [9.17, 15) is 5.26 Å². The van der Waals surface area contributed by atoms with E-state index in [-0.39, 0.29) is 18.5 Å². The van der Waals surface area contributed by atoms with Crippen LogP contribution in [0.2, 0.25) is 0 Å². The SMILES string of the molecule is C/C=C(/C#N)c1ccc(OCOC(C)OC)c(C(C)(C)C)c1. The van der Waals surface area contributed by atoms with Gasteiger partial charge in [0, 0.05) is 12.7 Å². The highest BCUT2D eigenvalue weighted by Gasteiger charge is 2.20.